The molecule has 2 heterocycles. The van der Waals surface area contributed by atoms with Crippen LogP contribution in [-0.4, -0.2) is 22.6 Å². The Morgan fingerprint density at radius 2 is 2.47 bits per heavy atom. The van der Waals surface area contributed by atoms with E-state index >= 15 is 0 Å². The van der Waals surface area contributed by atoms with E-state index in [9.17, 15) is 4.79 Å². The highest BCUT2D eigenvalue weighted by molar-refractivity contribution is 7.08. The molecule has 0 fully saturated rings. The zero-order valence-corrected chi connectivity index (χ0v) is 10.5. The number of carbonyl (C=O) groups is 1. The van der Waals surface area contributed by atoms with Gasteiger partial charge >= 0.3 is 0 Å². The van der Waals surface area contributed by atoms with Crippen LogP contribution in [0.5, 0.6) is 0 Å². The fourth-order valence-corrected chi connectivity index (χ4v) is 2.24. The van der Waals surface area contributed by atoms with Crippen LogP contribution in [-0.2, 0) is 6.42 Å². The highest BCUT2D eigenvalue weighted by atomic mass is 32.1. The summed E-state index contributed by atoms with van der Waals surface area (Å²) in [7, 11) is 0. The van der Waals surface area contributed by atoms with Gasteiger partial charge in [0, 0.05) is 23.2 Å². The fourth-order valence-electron chi connectivity index (χ4n) is 1.60. The van der Waals surface area contributed by atoms with Gasteiger partial charge in [-0.1, -0.05) is 0 Å². The Kier molecular flexibility index (Phi) is 3.93. The molecular weight excluding hydrogens is 234 g/mol. The lowest BCUT2D eigenvalue weighted by Crippen LogP contribution is -2.24. The van der Waals surface area contributed by atoms with Crippen LogP contribution < -0.4 is 5.32 Å². The van der Waals surface area contributed by atoms with Crippen molar-refractivity contribution in [3.8, 4) is 0 Å². The molecule has 90 valence electrons. The number of thiophene rings is 1. The van der Waals surface area contributed by atoms with Crippen LogP contribution in [0.1, 0.15) is 28.0 Å². The quantitative estimate of drug-likeness (QED) is 0.798. The average molecular weight is 249 g/mol. The smallest absolute Gasteiger partial charge is 0.252 e. The Labute approximate surface area is 104 Å². The van der Waals surface area contributed by atoms with Crippen molar-refractivity contribution in [3.63, 3.8) is 0 Å². The molecule has 17 heavy (non-hydrogen) atoms. The first-order valence-electron chi connectivity index (χ1n) is 5.56. The maximum Gasteiger partial charge on any atom is 0.252 e. The van der Waals surface area contributed by atoms with Gasteiger partial charge in [0.2, 0.25) is 0 Å². The Bertz CT molecular complexity index is 476. The van der Waals surface area contributed by atoms with Gasteiger partial charge in [-0.05, 0) is 36.8 Å². The molecule has 0 atom stereocenters. The topological polar surface area (TPSA) is 57.8 Å². The Balaban J connectivity index is 1.70. The van der Waals surface area contributed by atoms with Crippen LogP contribution in [0.15, 0.2) is 23.0 Å². The number of hydrogen-bond acceptors (Lipinski definition) is 3. The van der Waals surface area contributed by atoms with Gasteiger partial charge in [-0.2, -0.15) is 16.4 Å². The van der Waals surface area contributed by atoms with Gasteiger partial charge in [-0.15, -0.1) is 0 Å². The summed E-state index contributed by atoms with van der Waals surface area (Å²) < 4.78 is 0. The molecule has 0 radical (unpaired) electrons. The van der Waals surface area contributed by atoms with E-state index in [2.05, 4.69) is 15.5 Å². The van der Waals surface area contributed by atoms with Crippen LogP contribution in [0.4, 0.5) is 0 Å². The van der Waals surface area contributed by atoms with Crippen molar-refractivity contribution in [2.45, 2.75) is 19.8 Å². The van der Waals surface area contributed by atoms with Crippen LogP contribution in [0, 0.1) is 6.92 Å². The second kappa shape index (κ2) is 5.63. The SMILES string of the molecule is Cc1[nH]ncc1CCCNC(=O)c1ccsc1. The van der Waals surface area contributed by atoms with Crippen LogP contribution in [0.25, 0.3) is 0 Å². The number of aromatic nitrogens is 2. The molecule has 1 amide bonds. The predicted molar refractivity (Wildman–Crippen MR) is 68.3 cm³/mol. The molecule has 2 aromatic heterocycles. The van der Waals surface area contributed by atoms with E-state index in [1.54, 1.807) is 0 Å². The maximum atomic E-state index is 11.6. The monoisotopic (exact) mass is 249 g/mol. The maximum absolute atomic E-state index is 11.6. The zero-order valence-electron chi connectivity index (χ0n) is 9.69. The lowest BCUT2D eigenvalue weighted by Gasteiger charge is -2.03. The minimum Gasteiger partial charge on any atom is -0.352 e. The third kappa shape index (κ3) is 3.17. The summed E-state index contributed by atoms with van der Waals surface area (Å²) >= 11 is 1.53. The molecule has 0 aliphatic carbocycles. The van der Waals surface area contributed by atoms with Crippen LogP contribution >= 0.6 is 11.3 Å². The van der Waals surface area contributed by atoms with Crippen molar-refractivity contribution in [2.24, 2.45) is 0 Å². The minimum absolute atomic E-state index is 0.00941. The molecule has 0 bridgehead atoms. The van der Waals surface area contributed by atoms with Crippen molar-refractivity contribution < 1.29 is 4.79 Å². The minimum atomic E-state index is 0.00941. The standard InChI is InChI=1S/C12H15N3OS/c1-9-10(7-14-15-9)3-2-5-13-12(16)11-4-6-17-8-11/h4,6-8H,2-3,5H2,1H3,(H,13,16)(H,14,15). The highest BCUT2D eigenvalue weighted by Crippen LogP contribution is 2.07. The molecule has 0 unspecified atom stereocenters. The predicted octanol–water partition coefficient (Wildman–Crippen LogP) is 2.14. The summed E-state index contributed by atoms with van der Waals surface area (Å²) in [5.41, 5.74) is 3.07. The number of amides is 1. The summed E-state index contributed by atoms with van der Waals surface area (Å²) in [5.74, 6) is 0.00941. The first kappa shape index (κ1) is 11.9. The molecule has 5 heteroatoms. The normalized spacial score (nSPS) is 10.4. The van der Waals surface area contributed by atoms with Gasteiger partial charge in [-0.3, -0.25) is 9.89 Å². The molecule has 2 aromatic rings. The molecular formula is C12H15N3OS. The van der Waals surface area contributed by atoms with Crippen molar-refractivity contribution in [3.05, 3.63) is 39.8 Å². The first-order valence-corrected chi connectivity index (χ1v) is 6.51. The Morgan fingerprint density at radius 1 is 1.59 bits per heavy atom. The van der Waals surface area contributed by atoms with Crippen molar-refractivity contribution in [1.82, 2.24) is 15.5 Å². The molecule has 0 spiro atoms. The van der Waals surface area contributed by atoms with E-state index in [1.807, 2.05) is 29.9 Å². The molecule has 0 aliphatic rings. The summed E-state index contributed by atoms with van der Waals surface area (Å²) in [5, 5.41) is 13.5. The lowest BCUT2D eigenvalue weighted by molar-refractivity contribution is 0.0953. The van der Waals surface area contributed by atoms with Crippen LogP contribution in [0.3, 0.4) is 0 Å². The van der Waals surface area contributed by atoms with E-state index in [4.69, 9.17) is 0 Å². The van der Waals surface area contributed by atoms with Crippen LogP contribution in [0.2, 0.25) is 0 Å². The molecule has 0 aromatic carbocycles. The van der Waals surface area contributed by atoms with Gasteiger partial charge < -0.3 is 5.32 Å². The van der Waals surface area contributed by atoms with E-state index in [0.717, 1.165) is 24.1 Å². The molecule has 2 rings (SSSR count). The Morgan fingerprint density at radius 3 is 3.12 bits per heavy atom. The lowest BCUT2D eigenvalue weighted by atomic mass is 10.1. The Hall–Kier alpha value is -1.62. The molecule has 2 N–H and O–H groups in total. The largest absolute Gasteiger partial charge is 0.352 e. The van der Waals surface area contributed by atoms with Crippen molar-refractivity contribution in [2.75, 3.05) is 6.54 Å². The molecule has 0 saturated heterocycles. The molecule has 4 nitrogen and oxygen atoms in total. The van der Waals surface area contributed by atoms with Gasteiger partial charge in [-0.25, -0.2) is 0 Å². The summed E-state index contributed by atoms with van der Waals surface area (Å²) in [4.78, 5) is 11.6. The van der Waals surface area contributed by atoms with Gasteiger partial charge in [0.1, 0.15) is 0 Å². The van der Waals surface area contributed by atoms with Gasteiger partial charge in [0.25, 0.3) is 5.91 Å². The summed E-state index contributed by atoms with van der Waals surface area (Å²) in [6.45, 7) is 2.70. The number of H-pyrrole nitrogens is 1. The number of hydrogen-bond donors (Lipinski definition) is 2. The number of aryl methyl sites for hydroxylation is 2. The number of carbonyl (C=O) groups excluding carboxylic acids is 1. The van der Waals surface area contributed by atoms with E-state index in [1.165, 1.54) is 16.9 Å². The number of aromatic amines is 1. The second-order valence-corrected chi connectivity index (χ2v) is 4.67. The summed E-state index contributed by atoms with van der Waals surface area (Å²) in [6.07, 6.45) is 3.71. The van der Waals surface area contributed by atoms with E-state index < -0.39 is 0 Å². The first-order chi connectivity index (χ1) is 8.27. The van der Waals surface area contributed by atoms with Gasteiger partial charge in [0.05, 0.1) is 6.20 Å². The highest BCUT2D eigenvalue weighted by Gasteiger charge is 2.05. The van der Waals surface area contributed by atoms with E-state index in [-0.39, 0.29) is 5.91 Å². The molecule has 0 saturated carbocycles. The second-order valence-electron chi connectivity index (χ2n) is 3.89. The number of nitrogens with zero attached hydrogens (tertiary/aromatic N) is 1. The number of rotatable bonds is 5. The fraction of sp³-hybridized carbons (Fsp3) is 0.333. The summed E-state index contributed by atoms with van der Waals surface area (Å²) in [6, 6.07) is 1.83. The third-order valence-corrected chi connectivity index (χ3v) is 3.31. The van der Waals surface area contributed by atoms with E-state index in [0.29, 0.717) is 6.54 Å². The van der Waals surface area contributed by atoms with Crippen molar-refractivity contribution in [1.29, 1.82) is 0 Å². The number of nitrogens with one attached hydrogen (secondary N) is 2. The third-order valence-electron chi connectivity index (χ3n) is 2.63. The van der Waals surface area contributed by atoms with Crippen molar-refractivity contribution >= 4 is 17.2 Å². The van der Waals surface area contributed by atoms with Gasteiger partial charge in [0.15, 0.2) is 0 Å². The molecule has 0 aliphatic heterocycles. The zero-order chi connectivity index (χ0) is 12.1. The average Bonchev–Trinajstić information content (AvgIpc) is 2.96.